The Balaban J connectivity index is 0.00000120. The van der Waals surface area contributed by atoms with Crippen LogP contribution in [0.1, 0.15) is 59.3 Å². The van der Waals surface area contributed by atoms with Gasteiger partial charge in [-0.1, -0.05) is 26.4 Å². The largest absolute Gasteiger partial charge is 1.00 e. The summed E-state index contributed by atoms with van der Waals surface area (Å²) in [6.45, 7) is 6.89. The van der Waals surface area contributed by atoms with Crippen LogP contribution in [0.5, 0.6) is 0 Å². The summed E-state index contributed by atoms with van der Waals surface area (Å²) in [5.41, 5.74) is -0.380. The first-order valence-corrected chi connectivity index (χ1v) is 6.82. The quantitative estimate of drug-likeness (QED) is 0.611. The second-order valence-corrected chi connectivity index (χ2v) is 8.04. The van der Waals surface area contributed by atoms with Crippen LogP contribution in [-0.2, 0) is 0 Å². The Kier molecular flexibility index (Phi) is 3.69. The third kappa shape index (κ3) is 1.91. The number of hydrogen-bond donors (Lipinski definition) is 0. The first kappa shape index (κ1) is 15.5. The van der Waals surface area contributed by atoms with Gasteiger partial charge in [-0.05, 0) is 54.3 Å². The van der Waals surface area contributed by atoms with Crippen LogP contribution in [0.25, 0.3) is 0 Å². The molecule has 0 aromatic heterocycles. The summed E-state index contributed by atoms with van der Waals surface area (Å²) in [6.07, 6.45) is 5.69. The number of nitrogens with zero attached hydrogens (tertiary/aromatic N) is 1. The summed E-state index contributed by atoms with van der Waals surface area (Å²) >= 11 is 0. The van der Waals surface area contributed by atoms with E-state index in [0.29, 0.717) is 10.8 Å². The maximum Gasteiger partial charge on any atom is 1.00 e. The predicted molar refractivity (Wildman–Crippen MR) is 63.9 cm³/mol. The average Bonchev–Trinajstić information content (AvgIpc) is 2.10. The number of nitriles is 1. The van der Waals surface area contributed by atoms with Gasteiger partial charge >= 0.3 is 51.4 Å². The van der Waals surface area contributed by atoms with Gasteiger partial charge in [-0.15, -0.1) is 0 Å². The van der Waals surface area contributed by atoms with Gasteiger partial charge in [-0.3, -0.25) is 0 Å². The smallest absolute Gasteiger partial charge is 0.848 e. The van der Waals surface area contributed by atoms with Crippen LogP contribution in [0, 0.1) is 33.5 Å². The molecule has 4 saturated carbocycles. The van der Waals surface area contributed by atoms with E-state index in [2.05, 4.69) is 26.8 Å². The van der Waals surface area contributed by atoms with Crippen molar-refractivity contribution in [2.45, 2.75) is 64.9 Å². The molecule has 0 aromatic carbocycles. The van der Waals surface area contributed by atoms with E-state index in [-0.39, 0.29) is 69.1 Å². The molecule has 0 aliphatic heterocycles. The second kappa shape index (κ2) is 4.29. The van der Waals surface area contributed by atoms with Crippen molar-refractivity contribution in [2.75, 3.05) is 0 Å². The Morgan fingerprint density at radius 3 is 2.00 bits per heavy atom. The molecule has 0 spiro atoms. The average molecular weight is 271 g/mol. The Hall–Kier alpha value is 1.09. The van der Waals surface area contributed by atoms with Crippen LogP contribution in [0.15, 0.2) is 0 Å². The van der Waals surface area contributed by atoms with E-state index in [1.54, 1.807) is 0 Å². The fraction of sp³-hybridized carbons (Fsp3) is 0.933. The van der Waals surface area contributed by atoms with E-state index in [1.165, 1.54) is 6.42 Å². The van der Waals surface area contributed by atoms with Crippen molar-refractivity contribution in [2.24, 2.45) is 22.2 Å². The summed E-state index contributed by atoms with van der Waals surface area (Å²) in [7, 11) is 0. The van der Waals surface area contributed by atoms with Crippen molar-refractivity contribution in [3.05, 3.63) is 0 Å². The molecule has 4 aliphatic rings. The predicted octanol–water partition coefficient (Wildman–Crippen LogP) is -0.370. The zero-order chi connectivity index (χ0) is 12.5. The minimum absolute atomic E-state index is 0. The SMILES string of the molecule is CC12CC3CC(C)(C1)CC(C)(C2)C3([O-])CC#N.[K+]. The summed E-state index contributed by atoms with van der Waals surface area (Å²) in [5.74, 6) is 0.235. The van der Waals surface area contributed by atoms with Crippen LogP contribution >= 0.6 is 0 Å². The molecular weight excluding hydrogens is 249 g/mol. The van der Waals surface area contributed by atoms with Crippen LogP contribution in [-0.4, -0.2) is 5.60 Å². The third-order valence-corrected chi connectivity index (χ3v) is 5.99. The maximum atomic E-state index is 13.2. The standard InChI is InChI=1S/C15H22NO.K/c1-12-6-11-7-13(2,8-12)10-14(3,9-12)15(11,17)4-5-16;/h11H,4,6-10H2,1-3H3;/q-1;+1. The molecule has 18 heavy (non-hydrogen) atoms. The zero-order valence-corrected chi connectivity index (χ0v) is 15.3. The monoisotopic (exact) mass is 271 g/mol. The van der Waals surface area contributed by atoms with Crippen molar-refractivity contribution in [3.63, 3.8) is 0 Å². The molecule has 94 valence electrons. The fourth-order valence-electron chi connectivity index (χ4n) is 6.25. The molecule has 0 amide bonds. The van der Waals surface area contributed by atoms with E-state index in [4.69, 9.17) is 5.26 Å². The topological polar surface area (TPSA) is 46.8 Å². The van der Waals surface area contributed by atoms with Gasteiger partial charge < -0.3 is 5.11 Å². The molecular formula is C15H22KNO. The van der Waals surface area contributed by atoms with E-state index in [9.17, 15) is 5.11 Å². The summed E-state index contributed by atoms with van der Waals surface area (Å²) in [5, 5.41) is 22.2. The van der Waals surface area contributed by atoms with Gasteiger partial charge in [0.1, 0.15) is 0 Å². The molecule has 0 saturated heterocycles. The van der Waals surface area contributed by atoms with Gasteiger partial charge in [-0.2, -0.15) is 5.26 Å². The summed E-state index contributed by atoms with van der Waals surface area (Å²) in [6, 6.07) is 2.17. The van der Waals surface area contributed by atoms with Crippen molar-refractivity contribution < 1.29 is 56.5 Å². The van der Waals surface area contributed by atoms with E-state index in [1.807, 2.05) is 0 Å². The van der Waals surface area contributed by atoms with Crippen molar-refractivity contribution >= 4 is 0 Å². The third-order valence-electron chi connectivity index (χ3n) is 5.99. The van der Waals surface area contributed by atoms with Crippen LogP contribution in [0.3, 0.4) is 0 Å². The van der Waals surface area contributed by atoms with Crippen LogP contribution in [0.4, 0.5) is 0 Å². The van der Waals surface area contributed by atoms with Gasteiger partial charge in [0.25, 0.3) is 0 Å². The molecule has 3 heteroatoms. The molecule has 0 radical (unpaired) electrons. The van der Waals surface area contributed by atoms with Crippen LogP contribution in [0.2, 0.25) is 0 Å². The Morgan fingerprint density at radius 1 is 1.11 bits per heavy atom. The molecule has 4 aliphatic carbocycles. The first-order valence-electron chi connectivity index (χ1n) is 6.82. The Bertz CT molecular complexity index is 397. The minimum Gasteiger partial charge on any atom is -0.848 e. The molecule has 4 bridgehead atoms. The fourth-order valence-corrected chi connectivity index (χ4v) is 6.25. The van der Waals surface area contributed by atoms with E-state index in [0.717, 1.165) is 25.7 Å². The Labute approximate surface area is 153 Å². The van der Waals surface area contributed by atoms with E-state index < -0.39 is 5.60 Å². The van der Waals surface area contributed by atoms with Crippen LogP contribution < -0.4 is 56.5 Å². The van der Waals surface area contributed by atoms with Crippen molar-refractivity contribution in [3.8, 4) is 6.07 Å². The van der Waals surface area contributed by atoms with Gasteiger partial charge in [-0.25, -0.2) is 0 Å². The molecule has 4 rings (SSSR count). The second-order valence-electron chi connectivity index (χ2n) is 8.04. The van der Waals surface area contributed by atoms with Gasteiger partial charge in [0, 0.05) is 6.42 Å². The normalized spacial score (nSPS) is 56.9. The Morgan fingerprint density at radius 2 is 1.61 bits per heavy atom. The summed E-state index contributed by atoms with van der Waals surface area (Å²) in [4.78, 5) is 0. The molecule has 3 atom stereocenters. The molecule has 0 N–H and O–H groups in total. The summed E-state index contributed by atoms with van der Waals surface area (Å²) < 4.78 is 0. The molecule has 4 fully saturated rings. The number of rotatable bonds is 1. The van der Waals surface area contributed by atoms with Crippen molar-refractivity contribution in [1.82, 2.24) is 0 Å². The molecule has 3 unspecified atom stereocenters. The van der Waals surface area contributed by atoms with E-state index >= 15 is 0 Å². The zero-order valence-electron chi connectivity index (χ0n) is 12.2. The molecule has 0 heterocycles. The van der Waals surface area contributed by atoms with Crippen molar-refractivity contribution in [1.29, 1.82) is 5.26 Å². The maximum absolute atomic E-state index is 13.2. The minimum atomic E-state index is -0.971. The first-order chi connectivity index (χ1) is 7.74. The molecule has 0 aromatic rings. The van der Waals surface area contributed by atoms with Gasteiger partial charge in [0.05, 0.1) is 6.07 Å². The number of hydrogen-bond acceptors (Lipinski definition) is 2. The van der Waals surface area contributed by atoms with Gasteiger partial charge in [0.2, 0.25) is 0 Å². The van der Waals surface area contributed by atoms with Gasteiger partial charge in [0.15, 0.2) is 0 Å². The molecule has 2 nitrogen and oxygen atoms in total.